The van der Waals surface area contributed by atoms with Crippen LogP contribution in [0.15, 0.2) is 54.6 Å². The second kappa shape index (κ2) is 9.65. The second-order valence-electron chi connectivity index (χ2n) is 8.74. The predicted molar refractivity (Wildman–Crippen MR) is 120 cm³/mol. The van der Waals surface area contributed by atoms with Crippen LogP contribution < -0.4 is 15.5 Å². The molecule has 0 spiro atoms. The summed E-state index contributed by atoms with van der Waals surface area (Å²) in [6.45, 7) is 8.14. The summed E-state index contributed by atoms with van der Waals surface area (Å²) >= 11 is 0. The molecule has 0 saturated carbocycles. The number of anilines is 2. The highest BCUT2D eigenvalue weighted by Gasteiger charge is 2.23. The Morgan fingerprint density at radius 3 is 2.43 bits per heavy atom. The molecule has 6 nitrogen and oxygen atoms in total. The van der Waals surface area contributed by atoms with Gasteiger partial charge < -0.3 is 15.0 Å². The smallest absolute Gasteiger partial charge is 0.412 e. The van der Waals surface area contributed by atoms with Crippen molar-refractivity contribution >= 4 is 23.4 Å². The summed E-state index contributed by atoms with van der Waals surface area (Å²) in [6, 6.07) is 17.6. The fraction of sp³-hybridized carbons (Fsp3) is 0.417. The van der Waals surface area contributed by atoms with Crippen LogP contribution in [0.4, 0.5) is 16.2 Å². The molecular formula is C24H31N3O3. The fourth-order valence-corrected chi connectivity index (χ4v) is 3.51. The SMILES string of the molecule is CC(C)(C)OC(=O)Nc1ccc(CC(=O)NCC2CCN(c3ccccc3)C2)cc1. The van der Waals surface area contributed by atoms with Crippen LogP contribution in [0.3, 0.4) is 0 Å². The number of carbonyl (C=O) groups excluding carboxylic acids is 2. The van der Waals surface area contributed by atoms with Crippen molar-refractivity contribution in [2.45, 2.75) is 39.2 Å². The van der Waals surface area contributed by atoms with Gasteiger partial charge in [0.25, 0.3) is 0 Å². The molecule has 3 rings (SSSR count). The minimum absolute atomic E-state index is 0.0148. The lowest BCUT2D eigenvalue weighted by molar-refractivity contribution is -0.120. The molecule has 1 fully saturated rings. The molecule has 6 heteroatoms. The first-order chi connectivity index (χ1) is 14.3. The highest BCUT2D eigenvalue weighted by atomic mass is 16.6. The van der Waals surface area contributed by atoms with Gasteiger partial charge in [0.2, 0.25) is 5.91 Å². The fourth-order valence-electron chi connectivity index (χ4n) is 3.51. The molecule has 2 N–H and O–H groups in total. The lowest BCUT2D eigenvalue weighted by Gasteiger charge is -2.19. The summed E-state index contributed by atoms with van der Waals surface area (Å²) in [5, 5.41) is 5.75. The Bertz CT molecular complexity index is 844. The van der Waals surface area contributed by atoms with Gasteiger partial charge in [0.1, 0.15) is 5.60 Å². The molecule has 1 atom stereocenters. The minimum atomic E-state index is -0.542. The van der Waals surface area contributed by atoms with Crippen LogP contribution in [-0.4, -0.2) is 37.2 Å². The summed E-state index contributed by atoms with van der Waals surface area (Å²) < 4.78 is 5.24. The average molecular weight is 410 g/mol. The quantitative estimate of drug-likeness (QED) is 0.749. The van der Waals surface area contributed by atoms with Crippen molar-refractivity contribution in [2.75, 3.05) is 29.9 Å². The number of ether oxygens (including phenoxy) is 1. The van der Waals surface area contributed by atoms with E-state index in [1.807, 2.05) is 39.0 Å². The zero-order valence-corrected chi connectivity index (χ0v) is 18.0. The van der Waals surface area contributed by atoms with Gasteiger partial charge in [-0.3, -0.25) is 10.1 Å². The lowest BCUT2D eigenvalue weighted by atomic mass is 10.1. The van der Waals surface area contributed by atoms with Gasteiger partial charge in [0.15, 0.2) is 0 Å². The van der Waals surface area contributed by atoms with Gasteiger partial charge in [-0.15, -0.1) is 0 Å². The third-order valence-corrected chi connectivity index (χ3v) is 4.96. The van der Waals surface area contributed by atoms with Crippen molar-refractivity contribution in [1.29, 1.82) is 0 Å². The van der Waals surface area contributed by atoms with E-state index in [4.69, 9.17) is 4.74 Å². The Kier molecular flexibility index (Phi) is 6.98. The molecular weight excluding hydrogens is 378 g/mol. The third-order valence-electron chi connectivity index (χ3n) is 4.96. The van der Waals surface area contributed by atoms with Crippen LogP contribution in [0.2, 0.25) is 0 Å². The predicted octanol–water partition coefficient (Wildman–Crippen LogP) is 4.22. The van der Waals surface area contributed by atoms with Crippen LogP contribution in [0.5, 0.6) is 0 Å². The maximum absolute atomic E-state index is 12.3. The largest absolute Gasteiger partial charge is 0.444 e. The Morgan fingerprint density at radius 2 is 1.77 bits per heavy atom. The normalized spacial score (nSPS) is 16.2. The molecule has 2 aromatic rings. The highest BCUT2D eigenvalue weighted by Crippen LogP contribution is 2.23. The number of hydrogen-bond acceptors (Lipinski definition) is 4. The van der Waals surface area contributed by atoms with Gasteiger partial charge in [-0.25, -0.2) is 4.79 Å². The summed E-state index contributed by atoms with van der Waals surface area (Å²) in [5.41, 5.74) is 2.24. The number of rotatable bonds is 6. The van der Waals surface area contributed by atoms with E-state index >= 15 is 0 Å². The molecule has 1 heterocycles. The molecule has 0 bridgehead atoms. The van der Waals surface area contributed by atoms with Crippen LogP contribution >= 0.6 is 0 Å². The van der Waals surface area contributed by atoms with Crippen LogP contribution in [0.25, 0.3) is 0 Å². The second-order valence-corrected chi connectivity index (χ2v) is 8.74. The van der Waals surface area contributed by atoms with E-state index in [-0.39, 0.29) is 5.91 Å². The Morgan fingerprint density at radius 1 is 1.07 bits per heavy atom. The summed E-state index contributed by atoms with van der Waals surface area (Å²) in [5.74, 6) is 0.482. The first-order valence-corrected chi connectivity index (χ1v) is 10.4. The molecule has 30 heavy (non-hydrogen) atoms. The summed E-state index contributed by atoms with van der Waals surface area (Å²) in [7, 11) is 0. The van der Waals surface area contributed by atoms with E-state index < -0.39 is 11.7 Å². The van der Waals surface area contributed by atoms with E-state index in [9.17, 15) is 9.59 Å². The van der Waals surface area contributed by atoms with Gasteiger partial charge in [-0.1, -0.05) is 30.3 Å². The first-order valence-electron chi connectivity index (χ1n) is 10.4. The Hall–Kier alpha value is -3.02. The maximum Gasteiger partial charge on any atom is 0.412 e. The number of benzene rings is 2. The van der Waals surface area contributed by atoms with E-state index in [2.05, 4.69) is 39.8 Å². The number of nitrogens with one attached hydrogen (secondary N) is 2. The zero-order chi connectivity index (χ0) is 21.6. The van der Waals surface area contributed by atoms with Crippen molar-refractivity contribution in [3.8, 4) is 0 Å². The maximum atomic E-state index is 12.3. The molecule has 0 aromatic heterocycles. The van der Waals surface area contributed by atoms with Crippen molar-refractivity contribution in [3.05, 3.63) is 60.2 Å². The molecule has 1 saturated heterocycles. The standard InChI is InChI=1S/C24H31N3O3/c1-24(2,3)30-23(29)26-20-11-9-18(10-12-20)15-22(28)25-16-19-13-14-27(17-19)21-7-5-4-6-8-21/h4-12,19H,13-17H2,1-3H3,(H,25,28)(H,26,29). The van der Waals surface area contributed by atoms with Crippen LogP contribution in [-0.2, 0) is 16.0 Å². The monoisotopic (exact) mass is 409 g/mol. The van der Waals surface area contributed by atoms with E-state index in [1.54, 1.807) is 12.1 Å². The van der Waals surface area contributed by atoms with Gasteiger partial charge >= 0.3 is 6.09 Å². The van der Waals surface area contributed by atoms with Crippen molar-refractivity contribution in [3.63, 3.8) is 0 Å². The van der Waals surface area contributed by atoms with E-state index in [1.165, 1.54) is 5.69 Å². The molecule has 1 aliphatic heterocycles. The summed E-state index contributed by atoms with van der Waals surface area (Å²) in [4.78, 5) is 26.5. The van der Waals surface area contributed by atoms with Gasteiger partial charge in [-0.05, 0) is 62.9 Å². The molecule has 2 aromatic carbocycles. The topological polar surface area (TPSA) is 70.7 Å². The Balaban J connectivity index is 1.40. The molecule has 160 valence electrons. The van der Waals surface area contributed by atoms with Crippen molar-refractivity contribution in [2.24, 2.45) is 5.92 Å². The van der Waals surface area contributed by atoms with Gasteiger partial charge in [0.05, 0.1) is 6.42 Å². The molecule has 1 aliphatic rings. The Labute approximate surface area is 178 Å². The molecule has 1 unspecified atom stereocenters. The van der Waals surface area contributed by atoms with Crippen LogP contribution in [0.1, 0.15) is 32.8 Å². The number of nitrogens with zero attached hydrogens (tertiary/aromatic N) is 1. The number of carbonyl (C=O) groups is 2. The zero-order valence-electron chi connectivity index (χ0n) is 18.0. The minimum Gasteiger partial charge on any atom is -0.444 e. The van der Waals surface area contributed by atoms with Crippen molar-refractivity contribution < 1.29 is 14.3 Å². The third kappa shape index (κ3) is 6.79. The van der Waals surface area contributed by atoms with Crippen molar-refractivity contribution in [1.82, 2.24) is 5.32 Å². The molecule has 0 aliphatic carbocycles. The number of para-hydroxylation sites is 1. The average Bonchev–Trinajstić information content (AvgIpc) is 3.16. The number of amides is 2. The first kappa shape index (κ1) is 21.7. The van der Waals surface area contributed by atoms with Crippen LogP contribution in [0, 0.1) is 5.92 Å². The van der Waals surface area contributed by atoms with E-state index in [0.29, 0.717) is 24.6 Å². The lowest BCUT2D eigenvalue weighted by Crippen LogP contribution is -2.32. The summed E-state index contributed by atoms with van der Waals surface area (Å²) in [6.07, 6.45) is 0.913. The van der Waals surface area contributed by atoms with Gasteiger partial charge in [-0.2, -0.15) is 0 Å². The van der Waals surface area contributed by atoms with E-state index in [0.717, 1.165) is 25.1 Å². The van der Waals surface area contributed by atoms with Gasteiger partial charge in [0, 0.05) is 31.0 Å². The number of hydrogen-bond donors (Lipinski definition) is 2. The molecule has 0 radical (unpaired) electrons. The molecule has 2 amide bonds. The highest BCUT2D eigenvalue weighted by molar-refractivity contribution is 5.85.